The lowest BCUT2D eigenvalue weighted by atomic mass is 10.1. The van der Waals surface area contributed by atoms with Gasteiger partial charge in [0, 0.05) is 40.8 Å². The Kier molecular flexibility index (Phi) is 9.07. The van der Waals surface area contributed by atoms with Crippen LogP contribution in [0.15, 0.2) is 29.3 Å². The Bertz CT molecular complexity index is 625. The molecule has 28 heavy (non-hydrogen) atoms. The van der Waals surface area contributed by atoms with Crippen LogP contribution >= 0.6 is 0 Å². The van der Waals surface area contributed by atoms with Gasteiger partial charge in [-0.2, -0.15) is 0 Å². The van der Waals surface area contributed by atoms with Crippen molar-refractivity contribution in [2.24, 2.45) is 4.99 Å². The molecule has 1 atom stereocenters. The first-order valence-electron chi connectivity index (χ1n) is 10.0. The topological polar surface area (TPSA) is 66.4 Å². The van der Waals surface area contributed by atoms with Crippen LogP contribution in [0.2, 0.25) is 0 Å². The summed E-state index contributed by atoms with van der Waals surface area (Å²) in [6.45, 7) is 4.95. The maximum Gasteiger partial charge on any atom is 0.243 e. The third-order valence-electron chi connectivity index (χ3n) is 4.64. The van der Waals surface area contributed by atoms with Crippen molar-refractivity contribution in [1.29, 1.82) is 0 Å². The van der Waals surface area contributed by atoms with Gasteiger partial charge in [-0.05, 0) is 43.9 Å². The molecule has 7 heteroatoms. The maximum atomic E-state index is 12.0. The van der Waals surface area contributed by atoms with Gasteiger partial charge in [-0.25, -0.2) is 4.99 Å². The van der Waals surface area contributed by atoms with Crippen molar-refractivity contribution < 1.29 is 14.3 Å². The molecule has 2 rings (SSSR count). The van der Waals surface area contributed by atoms with E-state index in [9.17, 15) is 4.79 Å². The van der Waals surface area contributed by atoms with Crippen molar-refractivity contribution in [2.45, 2.75) is 38.8 Å². The molecule has 1 aromatic carbocycles. The molecule has 0 spiro atoms. The number of nitrogens with one attached hydrogen (secondary N) is 1. The molecule has 1 aromatic rings. The monoisotopic (exact) mass is 390 g/mol. The number of guanidine groups is 1. The van der Waals surface area contributed by atoms with Crippen LogP contribution in [0.5, 0.6) is 5.75 Å². The van der Waals surface area contributed by atoms with Gasteiger partial charge in [-0.3, -0.25) is 4.79 Å². The minimum atomic E-state index is -0.0253. The number of hydrogen-bond donors (Lipinski definition) is 1. The van der Waals surface area contributed by atoms with Crippen LogP contribution in [-0.2, 0) is 16.1 Å². The third-order valence-corrected chi connectivity index (χ3v) is 4.64. The van der Waals surface area contributed by atoms with Crippen molar-refractivity contribution in [2.75, 3.05) is 47.4 Å². The van der Waals surface area contributed by atoms with Gasteiger partial charge in [0.05, 0.1) is 12.7 Å². The quantitative estimate of drug-likeness (QED) is 0.544. The molecule has 0 bridgehead atoms. The molecular weight excluding hydrogens is 356 g/mol. The second kappa shape index (κ2) is 11.5. The van der Waals surface area contributed by atoms with Gasteiger partial charge >= 0.3 is 0 Å². The summed E-state index contributed by atoms with van der Waals surface area (Å²) in [7, 11) is 5.46. The number of likely N-dealkylation sites (N-methyl/N-ethyl adjacent to an activating group) is 1. The number of hydrogen-bond acceptors (Lipinski definition) is 4. The number of benzene rings is 1. The fourth-order valence-corrected chi connectivity index (χ4v) is 2.98. The molecule has 1 aliphatic heterocycles. The van der Waals surface area contributed by atoms with Crippen LogP contribution in [0.3, 0.4) is 0 Å². The van der Waals surface area contributed by atoms with E-state index in [0.29, 0.717) is 25.7 Å². The standard InChI is InChI=1S/C21H34N4O3/c1-5-27-18-11-9-17(10-12-18)16-25(4)21(23-15-20(26)24(2)3)22-14-19-8-6-7-13-28-19/h9-12,19H,5-8,13-16H2,1-4H3,(H,22,23). The zero-order valence-electron chi connectivity index (χ0n) is 17.6. The molecule has 1 saturated heterocycles. The Morgan fingerprint density at radius 2 is 2.00 bits per heavy atom. The molecule has 0 saturated carbocycles. The normalized spacial score (nSPS) is 17.1. The predicted molar refractivity (Wildman–Crippen MR) is 112 cm³/mol. The first-order chi connectivity index (χ1) is 13.5. The minimum absolute atomic E-state index is 0.0253. The first kappa shape index (κ1) is 22.0. The molecule has 1 N–H and O–H groups in total. The third kappa shape index (κ3) is 7.38. The zero-order chi connectivity index (χ0) is 20.4. The number of aliphatic imine (C=N–C) groups is 1. The number of nitrogens with zero attached hydrogens (tertiary/aromatic N) is 3. The Labute approximate surface area is 168 Å². The lowest BCUT2D eigenvalue weighted by molar-refractivity contribution is -0.127. The lowest BCUT2D eigenvalue weighted by Gasteiger charge is -2.27. The fraction of sp³-hybridized carbons (Fsp3) is 0.619. The second-order valence-corrected chi connectivity index (χ2v) is 7.23. The van der Waals surface area contributed by atoms with Crippen molar-refractivity contribution in [3.8, 4) is 5.75 Å². The molecule has 7 nitrogen and oxygen atoms in total. The van der Waals surface area contributed by atoms with Gasteiger partial charge in [0.2, 0.25) is 5.91 Å². The highest BCUT2D eigenvalue weighted by Crippen LogP contribution is 2.14. The number of carbonyl (C=O) groups is 1. The summed E-state index contributed by atoms with van der Waals surface area (Å²) in [5.41, 5.74) is 1.15. The summed E-state index contributed by atoms with van der Waals surface area (Å²) in [6.07, 6.45) is 3.58. The van der Waals surface area contributed by atoms with E-state index in [1.165, 1.54) is 6.42 Å². The highest BCUT2D eigenvalue weighted by atomic mass is 16.5. The molecular formula is C21H34N4O3. The number of ether oxygens (including phenoxy) is 2. The predicted octanol–water partition coefficient (Wildman–Crippen LogP) is 2.12. The molecule has 156 valence electrons. The lowest BCUT2D eigenvalue weighted by Crippen LogP contribution is -2.43. The Morgan fingerprint density at radius 3 is 2.61 bits per heavy atom. The maximum absolute atomic E-state index is 12.0. The van der Waals surface area contributed by atoms with E-state index >= 15 is 0 Å². The summed E-state index contributed by atoms with van der Waals surface area (Å²) in [4.78, 5) is 20.1. The summed E-state index contributed by atoms with van der Waals surface area (Å²) >= 11 is 0. The largest absolute Gasteiger partial charge is 0.494 e. The first-order valence-corrected chi connectivity index (χ1v) is 10.0. The molecule has 0 aromatic heterocycles. The van der Waals surface area contributed by atoms with E-state index in [4.69, 9.17) is 9.47 Å². The van der Waals surface area contributed by atoms with Gasteiger partial charge in [0.15, 0.2) is 5.96 Å². The molecule has 1 aliphatic rings. The Hall–Kier alpha value is -2.28. The van der Waals surface area contributed by atoms with Crippen molar-refractivity contribution in [1.82, 2.24) is 15.1 Å². The average Bonchev–Trinajstić information content (AvgIpc) is 2.70. The van der Waals surface area contributed by atoms with Gasteiger partial charge in [0.1, 0.15) is 12.3 Å². The molecule has 1 amide bonds. The van der Waals surface area contributed by atoms with E-state index in [1.807, 2.05) is 43.1 Å². The van der Waals surface area contributed by atoms with Crippen molar-refractivity contribution in [3.63, 3.8) is 0 Å². The summed E-state index contributed by atoms with van der Waals surface area (Å²) < 4.78 is 11.3. The highest BCUT2D eigenvalue weighted by Gasteiger charge is 2.16. The number of carbonyl (C=O) groups excluding carboxylic acids is 1. The van der Waals surface area contributed by atoms with E-state index in [2.05, 4.69) is 10.3 Å². The molecule has 0 aliphatic carbocycles. The molecule has 0 radical (unpaired) electrons. The van der Waals surface area contributed by atoms with E-state index in [-0.39, 0.29) is 18.6 Å². The zero-order valence-corrected chi connectivity index (χ0v) is 17.6. The van der Waals surface area contributed by atoms with E-state index < -0.39 is 0 Å². The van der Waals surface area contributed by atoms with Crippen LogP contribution in [0.1, 0.15) is 31.7 Å². The smallest absolute Gasteiger partial charge is 0.243 e. The van der Waals surface area contributed by atoms with Gasteiger partial charge < -0.3 is 24.6 Å². The van der Waals surface area contributed by atoms with Crippen LogP contribution < -0.4 is 10.1 Å². The van der Waals surface area contributed by atoms with Crippen LogP contribution in [0, 0.1) is 0 Å². The fourth-order valence-electron chi connectivity index (χ4n) is 2.98. The summed E-state index contributed by atoms with van der Waals surface area (Å²) in [5.74, 6) is 1.55. The Morgan fingerprint density at radius 1 is 1.25 bits per heavy atom. The van der Waals surface area contributed by atoms with Crippen LogP contribution in [0.4, 0.5) is 0 Å². The second-order valence-electron chi connectivity index (χ2n) is 7.23. The van der Waals surface area contributed by atoms with Gasteiger partial charge in [0.25, 0.3) is 0 Å². The summed E-state index contributed by atoms with van der Waals surface area (Å²) in [6, 6.07) is 8.05. The SMILES string of the molecule is CCOc1ccc(CN(C)C(=NCC(=O)N(C)C)NCC2CCCCO2)cc1. The molecule has 1 heterocycles. The average molecular weight is 391 g/mol. The van der Waals surface area contributed by atoms with Crippen LogP contribution in [0.25, 0.3) is 0 Å². The number of rotatable bonds is 8. The van der Waals surface area contributed by atoms with Gasteiger partial charge in [-0.1, -0.05) is 12.1 Å². The minimum Gasteiger partial charge on any atom is -0.494 e. The highest BCUT2D eigenvalue weighted by molar-refractivity contribution is 5.84. The molecule has 1 fully saturated rings. The van der Waals surface area contributed by atoms with Crippen molar-refractivity contribution in [3.05, 3.63) is 29.8 Å². The van der Waals surface area contributed by atoms with Gasteiger partial charge in [-0.15, -0.1) is 0 Å². The number of amides is 1. The van der Waals surface area contributed by atoms with E-state index in [0.717, 1.165) is 30.8 Å². The van der Waals surface area contributed by atoms with Crippen LogP contribution in [-0.4, -0.2) is 75.2 Å². The summed E-state index contributed by atoms with van der Waals surface area (Å²) in [5, 5.41) is 3.39. The van der Waals surface area contributed by atoms with Crippen molar-refractivity contribution >= 4 is 11.9 Å². The molecule has 1 unspecified atom stereocenters. The Balaban J connectivity index is 2.00. The van der Waals surface area contributed by atoms with E-state index in [1.54, 1.807) is 19.0 Å².